The van der Waals surface area contributed by atoms with Crippen molar-refractivity contribution in [2.75, 3.05) is 11.9 Å². The first-order chi connectivity index (χ1) is 13.0. The molecular formula is C16H11N5O5S. The number of hydrogen-bond acceptors (Lipinski definition) is 9. The Morgan fingerprint density at radius 2 is 2.00 bits per heavy atom. The topological polar surface area (TPSA) is 137 Å². The van der Waals surface area contributed by atoms with Crippen molar-refractivity contribution in [2.45, 2.75) is 0 Å². The number of carbonyl (C=O) groups excluding carboxylic acids is 2. The molecule has 27 heavy (non-hydrogen) atoms. The first kappa shape index (κ1) is 18.1. The van der Waals surface area contributed by atoms with Gasteiger partial charge in [-0.3, -0.25) is 25.2 Å². The van der Waals surface area contributed by atoms with Crippen LogP contribution in [0.1, 0.15) is 10.5 Å². The Morgan fingerprint density at radius 1 is 1.22 bits per heavy atom. The molecule has 2 aromatic heterocycles. The molecule has 1 N–H and O–H groups in total. The van der Waals surface area contributed by atoms with E-state index in [0.29, 0.717) is 16.4 Å². The maximum atomic E-state index is 11.9. The van der Waals surface area contributed by atoms with Gasteiger partial charge >= 0.3 is 5.97 Å². The van der Waals surface area contributed by atoms with Gasteiger partial charge in [-0.05, 0) is 12.1 Å². The number of carbonyl (C=O) groups is 2. The Kier molecular flexibility index (Phi) is 5.42. The fourth-order valence-electron chi connectivity index (χ4n) is 1.98. The molecule has 0 saturated carbocycles. The van der Waals surface area contributed by atoms with Gasteiger partial charge in [-0.25, -0.2) is 14.8 Å². The summed E-state index contributed by atoms with van der Waals surface area (Å²) in [4.78, 5) is 45.5. The van der Waals surface area contributed by atoms with E-state index < -0.39 is 23.4 Å². The number of aromatic nitrogens is 3. The van der Waals surface area contributed by atoms with Crippen molar-refractivity contribution in [2.24, 2.45) is 0 Å². The molecule has 0 aliphatic carbocycles. The largest absolute Gasteiger partial charge is 0.451 e. The molecule has 0 fully saturated rings. The van der Waals surface area contributed by atoms with Crippen molar-refractivity contribution in [1.29, 1.82) is 0 Å². The summed E-state index contributed by atoms with van der Waals surface area (Å²) >= 11 is 1.17. The number of anilines is 1. The van der Waals surface area contributed by atoms with Crippen LogP contribution in [0.5, 0.6) is 0 Å². The molecule has 1 aromatic carbocycles. The number of esters is 1. The number of nitro benzene ring substituents is 1. The Bertz CT molecular complexity index is 974. The summed E-state index contributed by atoms with van der Waals surface area (Å²) in [5.41, 5.74) is 1.21. The molecule has 0 aliphatic heterocycles. The second kappa shape index (κ2) is 8.10. The maximum Gasteiger partial charge on any atom is 0.359 e. The van der Waals surface area contributed by atoms with E-state index >= 15 is 0 Å². The van der Waals surface area contributed by atoms with Gasteiger partial charge in [-0.2, -0.15) is 0 Å². The second-order valence-electron chi connectivity index (χ2n) is 5.06. The maximum absolute atomic E-state index is 11.9. The lowest BCUT2D eigenvalue weighted by atomic mass is 10.1. The van der Waals surface area contributed by atoms with E-state index in [-0.39, 0.29) is 11.4 Å². The molecule has 3 aromatic rings. The average Bonchev–Trinajstić information content (AvgIpc) is 3.15. The van der Waals surface area contributed by atoms with Crippen LogP contribution in [0.25, 0.3) is 11.3 Å². The Balaban J connectivity index is 1.56. The van der Waals surface area contributed by atoms with Crippen molar-refractivity contribution in [3.8, 4) is 11.3 Å². The predicted octanol–water partition coefficient (Wildman–Crippen LogP) is 2.30. The highest BCUT2D eigenvalue weighted by Gasteiger charge is 2.13. The van der Waals surface area contributed by atoms with Gasteiger partial charge in [-0.15, -0.1) is 11.3 Å². The molecule has 0 saturated heterocycles. The van der Waals surface area contributed by atoms with Crippen molar-refractivity contribution >= 4 is 34.0 Å². The number of amides is 1. The molecule has 11 heteroatoms. The van der Waals surface area contributed by atoms with Crippen molar-refractivity contribution < 1.29 is 19.2 Å². The fourth-order valence-corrected chi connectivity index (χ4v) is 2.72. The van der Waals surface area contributed by atoms with Crippen LogP contribution in [0.4, 0.5) is 10.8 Å². The van der Waals surface area contributed by atoms with Crippen LogP contribution in [0.2, 0.25) is 0 Å². The molecule has 1 amide bonds. The smallest absolute Gasteiger partial charge is 0.359 e. The third-order valence-corrected chi connectivity index (χ3v) is 3.99. The van der Waals surface area contributed by atoms with E-state index in [4.69, 9.17) is 4.74 Å². The molecule has 3 rings (SSSR count). The van der Waals surface area contributed by atoms with Gasteiger partial charge in [0.25, 0.3) is 11.6 Å². The van der Waals surface area contributed by atoms with Crippen molar-refractivity contribution in [1.82, 2.24) is 15.0 Å². The number of benzene rings is 1. The van der Waals surface area contributed by atoms with Gasteiger partial charge in [0, 0.05) is 35.5 Å². The first-order valence-electron chi connectivity index (χ1n) is 7.46. The third-order valence-electron chi connectivity index (χ3n) is 3.23. The number of nitro groups is 1. The minimum atomic E-state index is -0.760. The molecular weight excluding hydrogens is 374 g/mol. The van der Waals surface area contributed by atoms with E-state index in [2.05, 4.69) is 20.3 Å². The molecule has 0 unspecified atom stereocenters. The number of rotatable bonds is 6. The van der Waals surface area contributed by atoms with Crippen LogP contribution < -0.4 is 5.32 Å². The van der Waals surface area contributed by atoms with E-state index in [9.17, 15) is 19.7 Å². The number of hydrogen-bond donors (Lipinski definition) is 1. The van der Waals surface area contributed by atoms with Crippen molar-refractivity contribution in [3.05, 3.63) is 64.0 Å². The van der Waals surface area contributed by atoms with Crippen LogP contribution in [-0.4, -0.2) is 38.4 Å². The standard InChI is InChI=1S/C16H11N5O5S/c22-14(8-26-15(23)12-7-17-5-6-18-12)20-16-19-13(9-27-16)10-1-3-11(4-2-10)21(24)25/h1-7,9H,8H2,(H,19,20,22). The first-order valence-corrected chi connectivity index (χ1v) is 8.34. The molecule has 136 valence electrons. The Hall–Kier alpha value is -3.73. The molecule has 0 bridgehead atoms. The number of nitrogens with zero attached hydrogens (tertiary/aromatic N) is 4. The van der Waals surface area contributed by atoms with E-state index in [1.807, 2.05) is 0 Å². The molecule has 2 heterocycles. The lowest BCUT2D eigenvalue weighted by molar-refractivity contribution is -0.384. The van der Waals surface area contributed by atoms with Gasteiger partial charge in [-0.1, -0.05) is 0 Å². The minimum Gasteiger partial charge on any atom is -0.451 e. The van der Waals surface area contributed by atoms with E-state index in [1.54, 1.807) is 17.5 Å². The highest BCUT2D eigenvalue weighted by Crippen LogP contribution is 2.26. The summed E-state index contributed by atoms with van der Waals surface area (Å²) in [6, 6.07) is 5.89. The quantitative estimate of drug-likeness (QED) is 0.388. The summed E-state index contributed by atoms with van der Waals surface area (Å²) in [6.07, 6.45) is 3.98. The second-order valence-corrected chi connectivity index (χ2v) is 5.91. The number of nitrogens with one attached hydrogen (secondary N) is 1. The molecule has 10 nitrogen and oxygen atoms in total. The summed E-state index contributed by atoms with van der Waals surface area (Å²) < 4.78 is 4.85. The SMILES string of the molecule is O=C(COC(=O)c1cnccn1)Nc1nc(-c2ccc([N+](=O)[O-])cc2)cs1. The molecule has 0 atom stereocenters. The van der Waals surface area contributed by atoms with Crippen LogP contribution in [0.15, 0.2) is 48.2 Å². The molecule has 0 aliphatic rings. The fraction of sp³-hybridized carbons (Fsp3) is 0.0625. The van der Waals surface area contributed by atoms with Gasteiger partial charge in [0.2, 0.25) is 0 Å². The number of non-ortho nitro benzene ring substituents is 1. The minimum absolute atomic E-state index is 0.00000547. The Morgan fingerprint density at radius 3 is 2.67 bits per heavy atom. The van der Waals surface area contributed by atoms with Crippen LogP contribution in [0, 0.1) is 10.1 Å². The van der Waals surface area contributed by atoms with E-state index in [1.165, 1.54) is 42.1 Å². The van der Waals surface area contributed by atoms with Gasteiger partial charge in [0.15, 0.2) is 17.4 Å². The third kappa shape index (κ3) is 4.67. The van der Waals surface area contributed by atoms with Crippen LogP contribution in [-0.2, 0) is 9.53 Å². The number of ether oxygens (including phenoxy) is 1. The normalized spacial score (nSPS) is 10.2. The highest BCUT2D eigenvalue weighted by atomic mass is 32.1. The summed E-state index contributed by atoms with van der Waals surface area (Å²) in [5.74, 6) is -1.32. The van der Waals surface area contributed by atoms with Crippen LogP contribution in [0.3, 0.4) is 0 Å². The number of thiazole rings is 1. The summed E-state index contributed by atoms with van der Waals surface area (Å²) in [7, 11) is 0. The van der Waals surface area contributed by atoms with Gasteiger partial charge < -0.3 is 4.74 Å². The van der Waals surface area contributed by atoms with Gasteiger partial charge in [0.05, 0.1) is 16.8 Å². The van der Waals surface area contributed by atoms with Gasteiger partial charge in [0.1, 0.15) is 0 Å². The summed E-state index contributed by atoms with van der Waals surface area (Å²) in [6.45, 7) is -0.498. The zero-order valence-corrected chi connectivity index (χ0v) is 14.4. The zero-order valence-electron chi connectivity index (χ0n) is 13.6. The lowest BCUT2D eigenvalue weighted by Gasteiger charge is -2.03. The molecule has 0 spiro atoms. The molecule has 0 radical (unpaired) electrons. The predicted molar refractivity (Wildman–Crippen MR) is 95.1 cm³/mol. The Labute approximate surface area is 156 Å². The average molecular weight is 385 g/mol. The summed E-state index contributed by atoms with van der Waals surface area (Å²) in [5, 5.41) is 15.2. The zero-order chi connectivity index (χ0) is 19.2. The lowest BCUT2D eigenvalue weighted by Crippen LogP contribution is -2.21. The van der Waals surface area contributed by atoms with Crippen LogP contribution >= 0.6 is 11.3 Å². The van der Waals surface area contributed by atoms with E-state index in [0.717, 1.165) is 0 Å². The highest BCUT2D eigenvalue weighted by molar-refractivity contribution is 7.14. The monoisotopic (exact) mass is 385 g/mol. The van der Waals surface area contributed by atoms with Crippen molar-refractivity contribution in [3.63, 3.8) is 0 Å².